The highest BCUT2D eigenvalue weighted by molar-refractivity contribution is 5.49. The van der Waals surface area contributed by atoms with Gasteiger partial charge in [0.25, 0.3) is 0 Å². The van der Waals surface area contributed by atoms with Crippen molar-refractivity contribution in [3.05, 3.63) is 28.3 Å². The zero-order valence-electron chi connectivity index (χ0n) is 12.3. The molecule has 1 unspecified atom stereocenters. The minimum Gasteiger partial charge on any atom is -0.496 e. The van der Waals surface area contributed by atoms with Crippen LogP contribution in [0, 0.1) is 20.8 Å². The van der Waals surface area contributed by atoms with Crippen LogP contribution in [0.2, 0.25) is 0 Å². The van der Waals surface area contributed by atoms with Crippen molar-refractivity contribution in [2.45, 2.75) is 46.8 Å². The summed E-state index contributed by atoms with van der Waals surface area (Å²) in [6, 6.07) is 2.40. The summed E-state index contributed by atoms with van der Waals surface area (Å²) in [5.74, 6) is 0.917. The van der Waals surface area contributed by atoms with Crippen LogP contribution >= 0.6 is 0 Å². The molecule has 0 aliphatic carbocycles. The molecule has 3 nitrogen and oxygen atoms in total. The van der Waals surface area contributed by atoms with Crippen molar-refractivity contribution < 1.29 is 9.84 Å². The summed E-state index contributed by atoms with van der Waals surface area (Å²) in [6.45, 7) is 10.8. The third kappa shape index (κ3) is 3.24. The van der Waals surface area contributed by atoms with Crippen molar-refractivity contribution in [3.8, 4) is 5.75 Å². The number of rotatable bonds is 5. The summed E-state index contributed by atoms with van der Waals surface area (Å²) in [5.41, 5.74) is 4.27. The number of aliphatic hydroxyl groups excluding tert-OH is 1. The summed E-state index contributed by atoms with van der Waals surface area (Å²) in [7, 11) is 1.69. The van der Waals surface area contributed by atoms with E-state index in [1.165, 1.54) is 0 Å². The monoisotopic (exact) mass is 251 g/mol. The lowest BCUT2D eigenvalue weighted by molar-refractivity contribution is 0.170. The van der Waals surface area contributed by atoms with Gasteiger partial charge in [-0.25, -0.2) is 0 Å². The normalized spacial score (nSPS) is 12.9. The highest BCUT2D eigenvalue weighted by Crippen LogP contribution is 2.31. The maximum Gasteiger partial charge on any atom is 0.124 e. The molecule has 2 N–H and O–H groups in total. The van der Waals surface area contributed by atoms with Gasteiger partial charge in [-0.1, -0.05) is 13.8 Å². The Labute approximate surface area is 110 Å². The van der Waals surface area contributed by atoms with Gasteiger partial charge < -0.3 is 15.2 Å². The average molecular weight is 251 g/mol. The molecule has 18 heavy (non-hydrogen) atoms. The van der Waals surface area contributed by atoms with Crippen LogP contribution in [0.25, 0.3) is 0 Å². The molecular formula is C15H25NO2. The summed E-state index contributed by atoms with van der Waals surface area (Å²) in [6.07, 6.45) is -0.476. The summed E-state index contributed by atoms with van der Waals surface area (Å²) >= 11 is 0. The Bertz CT molecular complexity index is 413. The van der Waals surface area contributed by atoms with Crippen LogP contribution in [0.3, 0.4) is 0 Å². The van der Waals surface area contributed by atoms with E-state index in [2.05, 4.69) is 19.2 Å². The van der Waals surface area contributed by atoms with E-state index >= 15 is 0 Å². The molecule has 0 saturated heterocycles. The number of hydrogen-bond donors (Lipinski definition) is 2. The predicted octanol–water partition coefficient (Wildman–Crippen LogP) is 2.65. The van der Waals surface area contributed by atoms with Gasteiger partial charge in [0, 0.05) is 12.6 Å². The molecule has 1 atom stereocenters. The molecule has 0 fully saturated rings. The highest BCUT2D eigenvalue weighted by Gasteiger charge is 2.16. The van der Waals surface area contributed by atoms with Crippen molar-refractivity contribution in [1.82, 2.24) is 5.32 Å². The zero-order chi connectivity index (χ0) is 13.9. The fraction of sp³-hybridized carbons (Fsp3) is 0.600. The third-order valence-electron chi connectivity index (χ3n) is 3.35. The van der Waals surface area contributed by atoms with Crippen LogP contribution in [0.1, 0.15) is 42.2 Å². The lowest BCUT2D eigenvalue weighted by Crippen LogP contribution is -2.28. The molecule has 0 radical (unpaired) electrons. The minimum absolute atomic E-state index is 0.375. The molecular weight excluding hydrogens is 226 g/mol. The van der Waals surface area contributed by atoms with E-state index in [1.807, 2.05) is 26.8 Å². The molecule has 0 bridgehead atoms. The van der Waals surface area contributed by atoms with Gasteiger partial charge in [0.05, 0.1) is 13.2 Å². The largest absolute Gasteiger partial charge is 0.496 e. The van der Waals surface area contributed by atoms with Crippen LogP contribution in [0.15, 0.2) is 6.07 Å². The molecule has 0 saturated carbocycles. The van der Waals surface area contributed by atoms with Gasteiger partial charge in [-0.15, -0.1) is 0 Å². The lowest BCUT2D eigenvalue weighted by atomic mass is 9.95. The summed E-state index contributed by atoms with van der Waals surface area (Å²) < 4.78 is 5.39. The van der Waals surface area contributed by atoms with E-state index in [0.29, 0.717) is 12.6 Å². The maximum atomic E-state index is 10.3. The second kappa shape index (κ2) is 6.21. The highest BCUT2D eigenvalue weighted by atomic mass is 16.5. The van der Waals surface area contributed by atoms with Gasteiger partial charge in [-0.05, 0) is 49.1 Å². The fourth-order valence-electron chi connectivity index (χ4n) is 2.21. The van der Waals surface area contributed by atoms with E-state index in [1.54, 1.807) is 7.11 Å². The first kappa shape index (κ1) is 15.0. The van der Waals surface area contributed by atoms with Crippen LogP contribution in [-0.4, -0.2) is 24.8 Å². The molecule has 1 rings (SSSR count). The maximum absolute atomic E-state index is 10.3. The standard InChI is InChI=1S/C15H25NO2/c1-9(2)16-8-14(17)13-7-10(3)15(18-6)12(5)11(13)4/h7,9,14,16-17H,8H2,1-6H3. The van der Waals surface area contributed by atoms with E-state index in [-0.39, 0.29) is 0 Å². The molecule has 0 aliphatic rings. The number of methoxy groups -OCH3 is 1. The number of aliphatic hydroxyl groups is 1. The van der Waals surface area contributed by atoms with Gasteiger partial charge >= 0.3 is 0 Å². The smallest absolute Gasteiger partial charge is 0.124 e. The number of ether oxygens (including phenoxy) is 1. The van der Waals surface area contributed by atoms with E-state index in [0.717, 1.165) is 28.0 Å². The van der Waals surface area contributed by atoms with Crippen LogP contribution in [0.4, 0.5) is 0 Å². The van der Waals surface area contributed by atoms with Crippen molar-refractivity contribution >= 4 is 0 Å². The predicted molar refractivity (Wildman–Crippen MR) is 75.3 cm³/mol. The van der Waals surface area contributed by atoms with Crippen molar-refractivity contribution in [2.75, 3.05) is 13.7 Å². The number of hydrogen-bond acceptors (Lipinski definition) is 3. The SMILES string of the molecule is COc1c(C)cc(C(O)CNC(C)C)c(C)c1C. The Morgan fingerprint density at radius 2 is 1.83 bits per heavy atom. The van der Waals surface area contributed by atoms with E-state index < -0.39 is 6.10 Å². The number of aryl methyl sites for hydroxylation is 1. The molecule has 0 aliphatic heterocycles. The van der Waals surface area contributed by atoms with E-state index in [4.69, 9.17) is 4.74 Å². The Morgan fingerprint density at radius 1 is 1.22 bits per heavy atom. The van der Waals surface area contributed by atoms with E-state index in [9.17, 15) is 5.11 Å². The van der Waals surface area contributed by atoms with Gasteiger partial charge in [0.1, 0.15) is 5.75 Å². The molecule has 102 valence electrons. The van der Waals surface area contributed by atoms with Gasteiger partial charge in [-0.2, -0.15) is 0 Å². The second-order valence-corrected chi connectivity index (χ2v) is 5.14. The third-order valence-corrected chi connectivity index (χ3v) is 3.35. The first-order valence-electron chi connectivity index (χ1n) is 6.44. The van der Waals surface area contributed by atoms with Crippen molar-refractivity contribution in [2.24, 2.45) is 0 Å². The molecule has 0 aromatic heterocycles. The zero-order valence-corrected chi connectivity index (χ0v) is 12.3. The van der Waals surface area contributed by atoms with Crippen LogP contribution < -0.4 is 10.1 Å². The molecule has 0 spiro atoms. The molecule has 1 aromatic carbocycles. The first-order valence-corrected chi connectivity index (χ1v) is 6.44. The second-order valence-electron chi connectivity index (χ2n) is 5.14. The number of nitrogens with one attached hydrogen (secondary N) is 1. The van der Waals surface area contributed by atoms with Crippen molar-refractivity contribution in [1.29, 1.82) is 0 Å². The quantitative estimate of drug-likeness (QED) is 0.845. The molecule has 0 heterocycles. The average Bonchev–Trinajstić information content (AvgIpc) is 2.31. The Kier molecular flexibility index (Phi) is 5.17. The Balaban J connectivity index is 3.03. The van der Waals surface area contributed by atoms with Gasteiger partial charge in [0.15, 0.2) is 0 Å². The fourth-order valence-corrected chi connectivity index (χ4v) is 2.21. The minimum atomic E-state index is -0.476. The van der Waals surface area contributed by atoms with Gasteiger partial charge in [0.2, 0.25) is 0 Å². The first-order chi connectivity index (χ1) is 8.38. The van der Waals surface area contributed by atoms with Crippen LogP contribution in [-0.2, 0) is 0 Å². The topological polar surface area (TPSA) is 41.5 Å². The summed E-state index contributed by atoms with van der Waals surface area (Å²) in [5, 5.41) is 13.5. The van der Waals surface area contributed by atoms with Crippen molar-refractivity contribution in [3.63, 3.8) is 0 Å². The molecule has 0 amide bonds. The van der Waals surface area contributed by atoms with Crippen LogP contribution in [0.5, 0.6) is 5.75 Å². The summed E-state index contributed by atoms with van der Waals surface area (Å²) in [4.78, 5) is 0. The molecule has 1 aromatic rings. The lowest BCUT2D eigenvalue weighted by Gasteiger charge is -2.20. The van der Waals surface area contributed by atoms with Gasteiger partial charge in [-0.3, -0.25) is 0 Å². The molecule has 3 heteroatoms. The Morgan fingerprint density at radius 3 is 2.33 bits per heavy atom. The Hall–Kier alpha value is -1.06. The number of benzene rings is 1.